The average molecular weight is 232 g/mol. The number of nitrogens with zero attached hydrogens (tertiary/aromatic N) is 1. The van der Waals surface area contributed by atoms with E-state index >= 15 is 0 Å². The molecule has 1 amide bonds. The molecule has 1 aromatic carbocycles. The van der Waals surface area contributed by atoms with E-state index in [-0.39, 0.29) is 23.6 Å². The van der Waals surface area contributed by atoms with Gasteiger partial charge in [0.2, 0.25) is 5.91 Å². The fourth-order valence-electron chi connectivity index (χ4n) is 3.01. The lowest BCUT2D eigenvalue weighted by atomic mass is 9.66. The summed E-state index contributed by atoms with van der Waals surface area (Å²) in [6.07, 6.45) is 1.96. The zero-order chi connectivity index (χ0) is 12.0. The number of phenolic OH excluding ortho intramolecular Hbond substituents is 1. The van der Waals surface area contributed by atoms with Gasteiger partial charge in [-0.15, -0.1) is 0 Å². The number of anilines is 1. The number of benzene rings is 1. The summed E-state index contributed by atoms with van der Waals surface area (Å²) in [6.45, 7) is 0.485. The molecule has 1 aliphatic carbocycles. The van der Waals surface area contributed by atoms with Crippen molar-refractivity contribution in [2.45, 2.75) is 18.9 Å². The van der Waals surface area contributed by atoms with Gasteiger partial charge in [0.15, 0.2) is 0 Å². The molecule has 1 saturated carbocycles. The van der Waals surface area contributed by atoms with Gasteiger partial charge in [0.25, 0.3) is 0 Å². The molecule has 2 aliphatic heterocycles. The van der Waals surface area contributed by atoms with Crippen LogP contribution in [0.1, 0.15) is 12.8 Å². The van der Waals surface area contributed by atoms with Crippen LogP contribution in [0.15, 0.2) is 24.3 Å². The Labute approximate surface area is 100 Å². The van der Waals surface area contributed by atoms with Gasteiger partial charge in [-0.3, -0.25) is 4.79 Å². The van der Waals surface area contributed by atoms with Gasteiger partial charge < -0.3 is 15.7 Å². The Kier molecular flexibility index (Phi) is 2.33. The Bertz CT molecular complexity index is 454. The number of aromatic hydroxyl groups is 1. The fourth-order valence-corrected chi connectivity index (χ4v) is 3.01. The standard InChI is InChI=1S/C13H16N2O2/c14-7-12-8-4-9(5-8)13(17)15(12)10-2-1-3-11(16)6-10/h1-3,6,8-9,12,16H,4-5,7,14H2. The quantitative estimate of drug-likeness (QED) is 0.802. The number of nitrogens with two attached hydrogens (primary N) is 1. The van der Waals surface area contributed by atoms with E-state index in [2.05, 4.69) is 0 Å². The van der Waals surface area contributed by atoms with Gasteiger partial charge in [0.05, 0.1) is 6.04 Å². The van der Waals surface area contributed by atoms with Gasteiger partial charge in [-0.1, -0.05) is 6.07 Å². The minimum absolute atomic E-state index is 0.0919. The van der Waals surface area contributed by atoms with Crippen molar-refractivity contribution in [1.29, 1.82) is 0 Å². The number of phenols is 1. The monoisotopic (exact) mass is 232 g/mol. The van der Waals surface area contributed by atoms with Crippen molar-refractivity contribution in [2.75, 3.05) is 11.4 Å². The topological polar surface area (TPSA) is 66.6 Å². The maximum atomic E-state index is 12.2. The molecule has 4 rings (SSSR count). The van der Waals surface area contributed by atoms with Crippen LogP contribution in [0.4, 0.5) is 5.69 Å². The van der Waals surface area contributed by atoms with Gasteiger partial charge in [-0.05, 0) is 30.9 Å². The van der Waals surface area contributed by atoms with Crippen LogP contribution in [-0.2, 0) is 4.79 Å². The van der Waals surface area contributed by atoms with Crippen molar-refractivity contribution in [3.8, 4) is 5.75 Å². The van der Waals surface area contributed by atoms with E-state index < -0.39 is 0 Å². The molecule has 2 bridgehead atoms. The van der Waals surface area contributed by atoms with Crippen molar-refractivity contribution in [3.05, 3.63) is 24.3 Å². The number of hydrogen-bond donors (Lipinski definition) is 2. The van der Waals surface area contributed by atoms with Gasteiger partial charge in [0.1, 0.15) is 5.75 Å². The van der Waals surface area contributed by atoms with E-state index in [9.17, 15) is 9.90 Å². The average Bonchev–Trinajstić information content (AvgIpc) is 2.26. The SMILES string of the molecule is NCC1C2CC(C2)C(=O)N1c1cccc(O)c1. The second-order valence-electron chi connectivity index (χ2n) is 4.96. The Morgan fingerprint density at radius 2 is 2.18 bits per heavy atom. The van der Waals surface area contributed by atoms with Crippen LogP contribution >= 0.6 is 0 Å². The molecular weight excluding hydrogens is 216 g/mol. The molecule has 4 heteroatoms. The van der Waals surface area contributed by atoms with E-state index in [1.165, 1.54) is 0 Å². The summed E-state index contributed by atoms with van der Waals surface area (Å²) in [5.41, 5.74) is 6.55. The molecule has 3 fully saturated rings. The second kappa shape index (κ2) is 3.74. The first-order valence-electron chi connectivity index (χ1n) is 6.03. The number of fused-ring (bicyclic) bond motifs is 2. The second-order valence-corrected chi connectivity index (χ2v) is 4.96. The molecule has 3 N–H and O–H groups in total. The van der Waals surface area contributed by atoms with Crippen molar-refractivity contribution < 1.29 is 9.90 Å². The number of piperidine rings is 2. The molecule has 1 unspecified atom stereocenters. The smallest absolute Gasteiger partial charge is 0.230 e. The van der Waals surface area contributed by atoms with Gasteiger partial charge in [-0.2, -0.15) is 0 Å². The Hall–Kier alpha value is -1.55. The molecule has 1 aromatic rings. The van der Waals surface area contributed by atoms with Crippen LogP contribution in [-0.4, -0.2) is 23.6 Å². The predicted octanol–water partition coefficient (Wildman–Crippen LogP) is 1.09. The molecule has 90 valence electrons. The van der Waals surface area contributed by atoms with Gasteiger partial charge in [-0.25, -0.2) is 0 Å². The molecular formula is C13H16N2O2. The minimum Gasteiger partial charge on any atom is -0.508 e. The molecule has 4 nitrogen and oxygen atoms in total. The summed E-state index contributed by atoms with van der Waals surface area (Å²) in [6, 6.07) is 6.94. The van der Waals surface area contributed by atoms with E-state index in [1.807, 2.05) is 6.07 Å². The highest BCUT2D eigenvalue weighted by Crippen LogP contribution is 2.46. The fraction of sp³-hybridized carbons (Fsp3) is 0.462. The summed E-state index contributed by atoms with van der Waals surface area (Å²) in [5, 5.41) is 9.50. The third kappa shape index (κ3) is 1.52. The van der Waals surface area contributed by atoms with E-state index in [0.29, 0.717) is 12.5 Å². The Balaban J connectivity index is 1.97. The zero-order valence-corrected chi connectivity index (χ0v) is 9.54. The molecule has 17 heavy (non-hydrogen) atoms. The van der Waals surface area contributed by atoms with E-state index in [1.54, 1.807) is 23.1 Å². The lowest BCUT2D eigenvalue weighted by Gasteiger charge is -2.51. The van der Waals surface area contributed by atoms with Crippen molar-refractivity contribution in [1.82, 2.24) is 0 Å². The molecule has 3 aliphatic rings. The normalized spacial score (nSPS) is 31.2. The Morgan fingerprint density at radius 3 is 2.82 bits per heavy atom. The molecule has 0 spiro atoms. The molecule has 1 atom stereocenters. The zero-order valence-electron chi connectivity index (χ0n) is 9.54. The van der Waals surface area contributed by atoms with E-state index in [0.717, 1.165) is 18.5 Å². The summed E-state index contributed by atoms with van der Waals surface area (Å²) in [5.74, 6) is 1.05. The number of carbonyl (C=O) groups is 1. The van der Waals surface area contributed by atoms with Crippen LogP contribution < -0.4 is 10.6 Å². The first kappa shape index (κ1) is 10.6. The third-order valence-corrected chi connectivity index (χ3v) is 3.99. The van der Waals surface area contributed by atoms with Crippen LogP contribution in [0.25, 0.3) is 0 Å². The summed E-state index contributed by atoms with van der Waals surface area (Å²) < 4.78 is 0. The molecule has 2 heterocycles. The number of amides is 1. The first-order valence-corrected chi connectivity index (χ1v) is 6.03. The van der Waals surface area contributed by atoms with Gasteiger partial charge >= 0.3 is 0 Å². The highest BCUT2D eigenvalue weighted by atomic mass is 16.3. The molecule has 0 aromatic heterocycles. The number of carbonyl (C=O) groups excluding carboxylic acids is 1. The van der Waals surface area contributed by atoms with Gasteiger partial charge in [0, 0.05) is 24.2 Å². The number of hydrogen-bond acceptors (Lipinski definition) is 3. The van der Waals surface area contributed by atoms with Crippen LogP contribution in [0.2, 0.25) is 0 Å². The third-order valence-electron chi connectivity index (χ3n) is 3.99. The van der Waals surface area contributed by atoms with E-state index in [4.69, 9.17) is 5.73 Å². The molecule has 0 radical (unpaired) electrons. The maximum absolute atomic E-state index is 12.2. The first-order chi connectivity index (χ1) is 8.20. The van der Waals surface area contributed by atoms with Crippen LogP contribution in [0.3, 0.4) is 0 Å². The maximum Gasteiger partial charge on any atom is 0.230 e. The highest BCUT2D eigenvalue weighted by molar-refractivity contribution is 5.98. The van der Waals surface area contributed by atoms with Crippen LogP contribution in [0.5, 0.6) is 5.75 Å². The lowest BCUT2D eigenvalue weighted by Crippen LogP contribution is -2.62. The predicted molar refractivity (Wildman–Crippen MR) is 64.6 cm³/mol. The number of rotatable bonds is 2. The summed E-state index contributed by atoms with van der Waals surface area (Å²) in [4.78, 5) is 14.0. The molecule has 2 saturated heterocycles. The Morgan fingerprint density at radius 1 is 1.41 bits per heavy atom. The van der Waals surface area contributed by atoms with Crippen molar-refractivity contribution >= 4 is 11.6 Å². The van der Waals surface area contributed by atoms with Crippen LogP contribution in [0, 0.1) is 11.8 Å². The summed E-state index contributed by atoms with van der Waals surface area (Å²) in [7, 11) is 0. The highest BCUT2D eigenvalue weighted by Gasteiger charge is 2.49. The largest absolute Gasteiger partial charge is 0.508 e. The van der Waals surface area contributed by atoms with Crippen molar-refractivity contribution in [2.24, 2.45) is 17.6 Å². The lowest BCUT2D eigenvalue weighted by molar-refractivity contribution is -0.132. The summed E-state index contributed by atoms with van der Waals surface area (Å²) >= 11 is 0. The minimum atomic E-state index is 0.0919. The van der Waals surface area contributed by atoms with Crippen molar-refractivity contribution in [3.63, 3.8) is 0 Å².